The maximum atomic E-state index is 13.7. The van der Waals surface area contributed by atoms with Crippen LogP contribution in [0.15, 0.2) is 6.20 Å². The number of piperidine rings is 1. The van der Waals surface area contributed by atoms with Gasteiger partial charge in [0.05, 0.1) is 6.20 Å². The standard InChI is InChI=1S/C12H13ClF2N4/c1-7-5-19(6-8(2)12(7,14)15)11-17-4-9(3-16)10(13)18-11/h4,7-8H,5-6H2,1-2H3/t7-,8+. The van der Waals surface area contributed by atoms with Crippen LogP contribution >= 0.6 is 11.6 Å². The molecule has 7 heteroatoms. The number of hydrogen-bond donors (Lipinski definition) is 0. The molecule has 1 aliphatic heterocycles. The highest BCUT2D eigenvalue weighted by molar-refractivity contribution is 6.30. The number of nitrogens with zero attached hydrogens (tertiary/aromatic N) is 4. The SMILES string of the molecule is C[C@@H]1CN(c2ncc(C#N)c(Cl)n2)C[C@H](C)C1(F)F. The van der Waals surface area contributed by atoms with Crippen molar-refractivity contribution in [3.05, 3.63) is 16.9 Å². The van der Waals surface area contributed by atoms with Gasteiger partial charge in [-0.05, 0) is 0 Å². The molecule has 1 saturated heterocycles. The van der Waals surface area contributed by atoms with Crippen molar-refractivity contribution in [2.75, 3.05) is 18.0 Å². The number of anilines is 1. The maximum absolute atomic E-state index is 13.7. The van der Waals surface area contributed by atoms with E-state index in [2.05, 4.69) is 9.97 Å². The molecule has 1 aromatic rings. The molecule has 1 fully saturated rings. The topological polar surface area (TPSA) is 52.8 Å². The van der Waals surface area contributed by atoms with Crippen molar-refractivity contribution in [2.24, 2.45) is 11.8 Å². The summed E-state index contributed by atoms with van der Waals surface area (Å²) in [6.45, 7) is 3.35. The minimum absolute atomic E-state index is 0.0464. The molecular formula is C12H13ClF2N4. The first kappa shape index (κ1) is 13.9. The van der Waals surface area contributed by atoms with Gasteiger partial charge in [-0.3, -0.25) is 0 Å². The normalized spacial score (nSPS) is 26.0. The van der Waals surface area contributed by atoms with E-state index < -0.39 is 17.8 Å². The van der Waals surface area contributed by atoms with Crippen LogP contribution in [0.2, 0.25) is 5.15 Å². The molecule has 0 bridgehead atoms. The third kappa shape index (κ3) is 2.47. The van der Waals surface area contributed by atoms with Crippen LogP contribution in [-0.2, 0) is 0 Å². The Balaban J connectivity index is 2.25. The summed E-state index contributed by atoms with van der Waals surface area (Å²) < 4.78 is 27.5. The van der Waals surface area contributed by atoms with Gasteiger partial charge in [0, 0.05) is 24.9 Å². The molecule has 2 atom stereocenters. The van der Waals surface area contributed by atoms with E-state index in [1.54, 1.807) is 4.90 Å². The summed E-state index contributed by atoms with van der Waals surface area (Å²) in [7, 11) is 0. The van der Waals surface area contributed by atoms with Crippen LogP contribution in [-0.4, -0.2) is 29.0 Å². The van der Waals surface area contributed by atoms with Crippen molar-refractivity contribution < 1.29 is 8.78 Å². The Labute approximate surface area is 115 Å². The molecule has 2 heterocycles. The molecule has 0 unspecified atom stereocenters. The lowest BCUT2D eigenvalue weighted by molar-refractivity contribution is -0.105. The fourth-order valence-corrected chi connectivity index (χ4v) is 2.37. The van der Waals surface area contributed by atoms with Gasteiger partial charge in [-0.1, -0.05) is 25.4 Å². The van der Waals surface area contributed by atoms with Crippen molar-refractivity contribution in [2.45, 2.75) is 19.8 Å². The summed E-state index contributed by atoms with van der Waals surface area (Å²) in [6, 6.07) is 1.86. The molecule has 0 saturated carbocycles. The van der Waals surface area contributed by atoms with E-state index in [-0.39, 0.29) is 29.8 Å². The van der Waals surface area contributed by atoms with Gasteiger partial charge in [-0.15, -0.1) is 0 Å². The smallest absolute Gasteiger partial charge is 0.256 e. The first-order valence-electron chi connectivity index (χ1n) is 5.91. The van der Waals surface area contributed by atoms with Gasteiger partial charge in [-0.25, -0.2) is 13.8 Å². The van der Waals surface area contributed by atoms with Gasteiger partial charge in [0.1, 0.15) is 11.6 Å². The van der Waals surface area contributed by atoms with E-state index in [0.29, 0.717) is 0 Å². The quantitative estimate of drug-likeness (QED) is 0.745. The number of nitriles is 1. The van der Waals surface area contributed by atoms with Gasteiger partial charge in [0.2, 0.25) is 5.95 Å². The summed E-state index contributed by atoms with van der Waals surface area (Å²) >= 11 is 5.83. The predicted octanol–water partition coefficient (Wildman–Crippen LogP) is 2.73. The van der Waals surface area contributed by atoms with Crippen LogP contribution < -0.4 is 4.90 Å². The highest BCUT2D eigenvalue weighted by Gasteiger charge is 2.47. The number of rotatable bonds is 1. The summed E-state index contributed by atoms with van der Waals surface area (Å²) in [5.41, 5.74) is 0.175. The van der Waals surface area contributed by atoms with Crippen LogP contribution in [0.3, 0.4) is 0 Å². The highest BCUT2D eigenvalue weighted by Crippen LogP contribution is 2.38. The fraction of sp³-hybridized carbons (Fsp3) is 0.583. The molecular weight excluding hydrogens is 274 g/mol. The van der Waals surface area contributed by atoms with Crippen LogP contribution in [0.5, 0.6) is 0 Å². The molecule has 0 aliphatic carbocycles. The van der Waals surface area contributed by atoms with E-state index in [1.807, 2.05) is 6.07 Å². The first-order chi connectivity index (χ1) is 8.86. The van der Waals surface area contributed by atoms with Crippen molar-refractivity contribution in [1.82, 2.24) is 9.97 Å². The van der Waals surface area contributed by atoms with E-state index in [4.69, 9.17) is 16.9 Å². The van der Waals surface area contributed by atoms with E-state index >= 15 is 0 Å². The molecule has 0 radical (unpaired) electrons. The molecule has 0 amide bonds. The molecule has 19 heavy (non-hydrogen) atoms. The van der Waals surface area contributed by atoms with Crippen LogP contribution in [0.4, 0.5) is 14.7 Å². The Morgan fingerprint density at radius 2 is 2.00 bits per heavy atom. The lowest BCUT2D eigenvalue weighted by Crippen LogP contribution is -2.52. The molecule has 1 aromatic heterocycles. The van der Waals surface area contributed by atoms with Crippen LogP contribution in [0.1, 0.15) is 19.4 Å². The van der Waals surface area contributed by atoms with Crippen molar-refractivity contribution in [1.29, 1.82) is 5.26 Å². The number of halogens is 3. The zero-order valence-electron chi connectivity index (χ0n) is 10.6. The van der Waals surface area contributed by atoms with Crippen molar-refractivity contribution in [3.8, 4) is 6.07 Å². The molecule has 0 aromatic carbocycles. The van der Waals surface area contributed by atoms with E-state index in [1.165, 1.54) is 20.0 Å². The van der Waals surface area contributed by atoms with Gasteiger partial charge in [0.15, 0.2) is 5.15 Å². The summed E-state index contributed by atoms with van der Waals surface area (Å²) in [5, 5.41) is 8.79. The predicted molar refractivity (Wildman–Crippen MR) is 67.2 cm³/mol. The second-order valence-corrected chi connectivity index (χ2v) is 5.23. The fourth-order valence-electron chi connectivity index (χ4n) is 2.21. The second kappa shape index (κ2) is 4.89. The number of aromatic nitrogens is 2. The third-order valence-corrected chi connectivity index (χ3v) is 3.72. The zero-order valence-corrected chi connectivity index (χ0v) is 11.3. The first-order valence-corrected chi connectivity index (χ1v) is 6.29. The van der Waals surface area contributed by atoms with Gasteiger partial charge in [0.25, 0.3) is 5.92 Å². The summed E-state index contributed by atoms with van der Waals surface area (Å²) in [4.78, 5) is 9.69. The van der Waals surface area contributed by atoms with Crippen LogP contribution in [0.25, 0.3) is 0 Å². The summed E-state index contributed by atoms with van der Waals surface area (Å²) in [5.74, 6) is -3.96. The van der Waals surface area contributed by atoms with Gasteiger partial charge in [-0.2, -0.15) is 10.2 Å². The van der Waals surface area contributed by atoms with E-state index in [0.717, 1.165) is 0 Å². The lowest BCUT2D eigenvalue weighted by atomic mass is 9.87. The Morgan fingerprint density at radius 3 is 2.47 bits per heavy atom. The Bertz CT molecular complexity index is 515. The third-order valence-electron chi connectivity index (χ3n) is 3.44. The van der Waals surface area contributed by atoms with Gasteiger partial charge >= 0.3 is 0 Å². The zero-order chi connectivity index (χ0) is 14.2. The number of alkyl halides is 2. The molecule has 0 spiro atoms. The average Bonchev–Trinajstić information content (AvgIpc) is 2.36. The highest BCUT2D eigenvalue weighted by atomic mass is 35.5. The lowest BCUT2D eigenvalue weighted by Gasteiger charge is -2.41. The molecule has 1 aliphatic rings. The molecule has 0 N–H and O–H groups in total. The molecule has 102 valence electrons. The monoisotopic (exact) mass is 286 g/mol. The van der Waals surface area contributed by atoms with Crippen molar-refractivity contribution >= 4 is 17.5 Å². The number of hydrogen-bond acceptors (Lipinski definition) is 4. The second-order valence-electron chi connectivity index (χ2n) is 4.87. The minimum atomic E-state index is -2.69. The molecule has 4 nitrogen and oxygen atoms in total. The van der Waals surface area contributed by atoms with Gasteiger partial charge < -0.3 is 4.90 Å². The maximum Gasteiger partial charge on any atom is 0.256 e. The minimum Gasteiger partial charge on any atom is -0.340 e. The van der Waals surface area contributed by atoms with Crippen LogP contribution in [0, 0.1) is 23.2 Å². The average molecular weight is 287 g/mol. The largest absolute Gasteiger partial charge is 0.340 e. The molecule has 2 rings (SSSR count). The van der Waals surface area contributed by atoms with Crippen molar-refractivity contribution in [3.63, 3.8) is 0 Å². The Hall–Kier alpha value is -1.48. The Morgan fingerprint density at radius 1 is 1.42 bits per heavy atom. The van der Waals surface area contributed by atoms with E-state index in [9.17, 15) is 8.78 Å². The Kier molecular flexibility index (Phi) is 3.59. The summed E-state index contributed by atoms with van der Waals surface area (Å²) in [6.07, 6.45) is 1.31.